The number of nitrogens with zero attached hydrogens (tertiary/aromatic N) is 1. The normalized spacial score (nSPS) is 36.9. The standard InChI is InChI=1S/C16H20BNO2/c1-16(2)10-6-4-5-7-11(10)18(3)12(16)8-9-14(19)13(17)15(9)20/h4-9,13-15,19-20H,1-3H3. The van der Waals surface area contributed by atoms with Gasteiger partial charge < -0.3 is 15.1 Å². The summed E-state index contributed by atoms with van der Waals surface area (Å²) in [7, 11) is 7.70. The fraction of sp³-hybridized carbons (Fsp3) is 0.500. The van der Waals surface area contributed by atoms with Crippen LogP contribution in [0.25, 0.3) is 0 Å². The van der Waals surface area contributed by atoms with Crippen LogP contribution in [0.4, 0.5) is 5.69 Å². The van der Waals surface area contributed by atoms with Crippen LogP contribution in [0.1, 0.15) is 19.4 Å². The number of benzene rings is 1. The molecule has 0 bridgehead atoms. The second-order valence-electron chi connectivity index (χ2n) is 6.39. The van der Waals surface area contributed by atoms with Gasteiger partial charge >= 0.3 is 0 Å². The molecule has 1 aromatic carbocycles. The Balaban J connectivity index is 2.00. The summed E-state index contributed by atoms with van der Waals surface area (Å²) in [6.45, 7) is 4.33. The molecule has 1 saturated carbocycles. The molecule has 0 spiro atoms. The number of para-hydroxylation sites is 1. The molecule has 2 N–H and O–H groups in total. The summed E-state index contributed by atoms with van der Waals surface area (Å²) >= 11 is 0. The molecule has 2 unspecified atom stereocenters. The van der Waals surface area contributed by atoms with Crippen molar-refractivity contribution in [2.24, 2.45) is 5.92 Å². The van der Waals surface area contributed by atoms with Crippen molar-refractivity contribution in [1.82, 2.24) is 0 Å². The lowest BCUT2D eigenvalue weighted by Crippen LogP contribution is -2.51. The van der Waals surface area contributed by atoms with Gasteiger partial charge in [0.15, 0.2) is 0 Å². The average Bonchev–Trinajstić information content (AvgIpc) is 2.64. The zero-order chi connectivity index (χ0) is 14.7. The fourth-order valence-corrected chi connectivity index (χ4v) is 3.45. The van der Waals surface area contributed by atoms with Crippen LogP contribution in [-0.2, 0) is 5.41 Å². The molecule has 1 aromatic rings. The highest BCUT2D eigenvalue weighted by Gasteiger charge is 2.46. The Kier molecular flexibility index (Phi) is 3.00. The fourth-order valence-electron chi connectivity index (χ4n) is 3.45. The van der Waals surface area contributed by atoms with Gasteiger partial charge in [0, 0.05) is 29.8 Å². The van der Waals surface area contributed by atoms with Crippen LogP contribution in [0.2, 0.25) is 5.82 Å². The van der Waals surface area contributed by atoms with E-state index in [1.165, 1.54) is 11.3 Å². The highest BCUT2D eigenvalue weighted by atomic mass is 16.3. The van der Waals surface area contributed by atoms with Crippen molar-refractivity contribution in [3.8, 4) is 0 Å². The summed E-state index contributed by atoms with van der Waals surface area (Å²) in [6.07, 6.45) is 0.662. The predicted octanol–water partition coefficient (Wildman–Crippen LogP) is 1.61. The molecule has 2 atom stereocenters. The molecule has 1 fully saturated rings. The Morgan fingerprint density at radius 1 is 1.20 bits per heavy atom. The third-order valence-electron chi connectivity index (χ3n) is 4.87. The first-order valence-electron chi connectivity index (χ1n) is 7.03. The van der Waals surface area contributed by atoms with Crippen molar-refractivity contribution >= 4 is 13.5 Å². The molecule has 1 aliphatic heterocycles. The quantitative estimate of drug-likeness (QED) is 0.761. The van der Waals surface area contributed by atoms with E-state index >= 15 is 0 Å². The van der Waals surface area contributed by atoms with Gasteiger partial charge in [-0.25, -0.2) is 0 Å². The molecule has 3 rings (SSSR count). The number of anilines is 1. The minimum absolute atomic E-state index is 0.134. The van der Waals surface area contributed by atoms with Crippen LogP contribution in [0.15, 0.2) is 36.0 Å². The number of allylic oxidation sites excluding steroid dienone is 1. The molecule has 2 aliphatic rings. The van der Waals surface area contributed by atoms with Gasteiger partial charge in [0.25, 0.3) is 0 Å². The lowest BCUT2D eigenvalue weighted by atomic mass is 9.58. The Morgan fingerprint density at radius 3 is 2.40 bits per heavy atom. The van der Waals surface area contributed by atoms with E-state index in [2.05, 4.69) is 30.9 Å². The number of fused-ring (bicyclic) bond motifs is 1. The van der Waals surface area contributed by atoms with E-state index in [0.29, 0.717) is 0 Å². The summed E-state index contributed by atoms with van der Waals surface area (Å²) in [5, 5.41) is 19.9. The Morgan fingerprint density at radius 2 is 1.80 bits per heavy atom. The van der Waals surface area contributed by atoms with Crippen molar-refractivity contribution in [3.63, 3.8) is 0 Å². The van der Waals surface area contributed by atoms with Gasteiger partial charge in [-0.2, -0.15) is 0 Å². The summed E-state index contributed by atoms with van der Waals surface area (Å²) in [5.74, 6) is -0.815. The predicted molar refractivity (Wildman–Crippen MR) is 81.0 cm³/mol. The van der Waals surface area contributed by atoms with E-state index < -0.39 is 18.0 Å². The summed E-state index contributed by atoms with van der Waals surface area (Å²) in [5.41, 5.74) is 3.41. The van der Waals surface area contributed by atoms with Crippen LogP contribution in [0, 0.1) is 5.92 Å². The van der Waals surface area contributed by atoms with Gasteiger partial charge in [-0.3, -0.25) is 0 Å². The molecule has 3 nitrogen and oxygen atoms in total. The summed E-state index contributed by atoms with van der Waals surface area (Å²) < 4.78 is 0. The smallest absolute Gasteiger partial charge is 0.0770 e. The molecule has 20 heavy (non-hydrogen) atoms. The summed E-state index contributed by atoms with van der Waals surface area (Å²) in [4.78, 5) is 2.14. The van der Waals surface area contributed by atoms with E-state index in [-0.39, 0.29) is 11.3 Å². The molecule has 1 aliphatic carbocycles. The van der Waals surface area contributed by atoms with Crippen LogP contribution >= 0.6 is 0 Å². The SMILES string of the molecule is [B]C1C(O)C(C=C2N(C)c3ccccc3C2(C)C)C1O. The number of hydrogen-bond donors (Lipinski definition) is 2. The number of rotatable bonds is 1. The summed E-state index contributed by atoms with van der Waals surface area (Å²) in [6, 6.07) is 8.29. The van der Waals surface area contributed by atoms with Crippen LogP contribution in [0.3, 0.4) is 0 Å². The second-order valence-corrected chi connectivity index (χ2v) is 6.39. The van der Waals surface area contributed by atoms with Crippen molar-refractivity contribution in [2.45, 2.75) is 37.3 Å². The molecule has 4 heteroatoms. The maximum absolute atomic E-state index is 9.93. The molecule has 0 aromatic heterocycles. The first-order valence-corrected chi connectivity index (χ1v) is 7.03. The van der Waals surface area contributed by atoms with Crippen LogP contribution in [0.5, 0.6) is 0 Å². The monoisotopic (exact) mass is 269 g/mol. The third kappa shape index (κ3) is 1.68. The maximum atomic E-state index is 9.93. The van der Waals surface area contributed by atoms with Gasteiger partial charge in [0.1, 0.15) is 0 Å². The van der Waals surface area contributed by atoms with Crippen molar-refractivity contribution < 1.29 is 10.2 Å². The minimum Gasteiger partial charge on any atom is -0.393 e. The molecular weight excluding hydrogens is 249 g/mol. The van der Waals surface area contributed by atoms with Crippen molar-refractivity contribution in [1.29, 1.82) is 0 Å². The molecule has 2 radical (unpaired) electrons. The number of aliphatic hydroxyl groups is 2. The Hall–Kier alpha value is -1.26. The number of aliphatic hydroxyl groups excluding tert-OH is 2. The third-order valence-corrected chi connectivity index (χ3v) is 4.87. The zero-order valence-corrected chi connectivity index (χ0v) is 12.1. The van der Waals surface area contributed by atoms with E-state index in [4.69, 9.17) is 7.85 Å². The minimum atomic E-state index is -0.662. The van der Waals surface area contributed by atoms with E-state index in [1.54, 1.807) is 0 Å². The molecule has 0 saturated heterocycles. The molecular formula is C16H20BNO2. The van der Waals surface area contributed by atoms with E-state index in [1.807, 2.05) is 25.3 Å². The highest BCUT2D eigenvalue weighted by molar-refractivity contribution is 6.13. The van der Waals surface area contributed by atoms with Gasteiger partial charge in [-0.05, 0) is 17.4 Å². The van der Waals surface area contributed by atoms with Crippen LogP contribution < -0.4 is 4.90 Å². The van der Waals surface area contributed by atoms with Gasteiger partial charge in [0.05, 0.1) is 20.1 Å². The zero-order valence-electron chi connectivity index (χ0n) is 12.1. The van der Waals surface area contributed by atoms with Crippen molar-refractivity contribution in [3.05, 3.63) is 41.6 Å². The first kappa shape index (κ1) is 13.7. The van der Waals surface area contributed by atoms with Crippen molar-refractivity contribution in [2.75, 3.05) is 11.9 Å². The lowest BCUT2D eigenvalue weighted by molar-refractivity contribution is -0.0671. The second kappa shape index (κ2) is 4.37. The lowest BCUT2D eigenvalue weighted by Gasteiger charge is -2.44. The highest BCUT2D eigenvalue weighted by Crippen LogP contribution is 2.49. The Bertz CT molecular complexity index is 559. The first-order chi connectivity index (χ1) is 9.35. The molecule has 1 heterocycles. The number of hydrogen-bond acceptors (Lipinski definition) is 3. The van der Waals surface area contributed by atoms with E-state index in [0.717, 1.165) is 5.70 Å². The molecule has 0 amide bonds. The molecule has 104 valence electrons. The van der Waals surface area contributed by atoms with Gasteiger partial charge in [0.2, 0.25) is 0 Å². The van der Waals surface area contributed by atoms with Gasteiger partial charge in [-0.15, -0.1) is 0 Å². The number of likely N-dealkylation sites (N-methyl/N-ethyl adjacent to an activating group) is 1. The van der Waals surface area contributed by atoms with Gasteiger partial charge in [-0.1, -0.05) is 38.1 Å². The van der Waals surface area contributed by atoms with Crippen LogP contribution in [-0.4, -0.2) is 37.3 Å². The topological polar surface area (TPSA) is 43.7 Å². The van der Waals surface area contributed by atoms with E-state index in [9.17, 15) is 10.2 Å². The Labute approximate surface area is 121 Å². The average molecular weight is 269 g/mol. The largest absolute Gasteiger partial charge is 0.393 e. The maximum Gasteiger partial charge on any atom is 0.0770 e.